The molecule has 0 unspecified atom stereocenters. The van der Waals surface area contributed by atoms with Crippen LogP contribution in [0.2, 0.25) is 5.02 Å². The molecule has 3 nitrogen and oxygen atoms in total. The number of aromatic nitrogens is 1. The Balaban J connectivity index is 2.26. The van der Waals surface area contributed by atoms with Gasteiger partial charge >= 0.3 is 5.97 Å². The van der Waals surface area contributed by atoms with E-state index in [0.717, 1.165) is 16.5 Å². The Kier molecular flexibility index (Phi) is 2.05. The van der Waals surface area contributed by atoms with Gasteiger partial charge in [0.2, 0.25) is 0 Å². The molecule has 4 heteroatoms. The normalized spacial score (nSPS) is 17.3. The molecule has 0 saturated heterocycles. The minimum Gasteiger partial charge on any atom is -0.481 e. The standard InChI is InChI=1S/C13H12ClNO2/c1-15-7-4-8-10(15)3-2-9(11(8)14)13(5-6-13)12(16)17/h2-4,7H,5-6H2,1H3,(H,16,17). The molecule has 1 fully saturated rings. The van der Waals surface area contributed by atoms with Gasteiger partial charge in [0.05, 0.1) is 10.4 Å². The zero-order valence-corrected chi connectivity index (χ0v) is 10.2. The van der Waals surface area contributed by atoms with Crippen LogP contribution >= 0.6 is 11.6 Å². The fourth-order valence-electron chi connectivity index (χ4n) is 2.41. The lowest BCUT2D eigenvalue weighted by Gasteiger charge is -2.13. The van der Waals surface area contributed by atoms with Crippen LogP contribution < -0.4 is 0 Å². The van der Waals surface area contributed by atoms with Crippen LogP contribution in [0.1, 0.15) is 18.4 Å². The first-order valence-corrected chi connectivity index (χ1v) is 5.91. The summed E-state index contributed by atoms with van der Waals surface area (Å²) in [5.74, 6) is -0.769. The summed E-state index contributed by atoms with van der Waals surface area (Å²) < 4.78 is 1.98. The number of hydrogen-bond donors (Lipinski definition) is 1. The van der Waals surface area contributed by atoms with Gasteiger partial charge in [0.25, 0.3) is 0 Å². The molecule has 1 aliphatic rings. The van der Waals surface area contributed by atoms with Gasteiger partial charge < -0.3 is 9.67 Å². The van der Waals surface area contributed by atoms with E-state index in [0.29, 0.717) is 17.9 Å². The van der Waals surface area contributed by atoms with Crippen LogP contribution in [0, 0.1) is 0 Å². The molecule has 1 aromatic carbocycles. The molecular weight excluding hydrogens is 238 g/mol. The molecule has 88 valence electrons. The summed E-state index contributed by atoms with van der Waals surface area (Å²) in [6.07, 6.45) is 3.29. The van der Waals surface area contributed by atoms with Crippen molar-refractivity contribution in [1.29, 1.82) is 0 Å². The van der Waals surface area contributed by atoms with Crippen molar-refractivity contribution in [2.75, 3.05) is 0 Å². The molecule has 2 aromatic rings. The number of fused-ring (bicyclic) bond motifs is 1. The number of benzene rings is 1. The van der Waals surface area contributed by atoms with Crippen molar-refractivity contribution in [3.63, 3.8) is 0 Å². The molecule has 0 radical (unpaired) electrons. The lowest BCUT2D eigenvalue weighted by Crippen LogP contribution is -2.19. The third kappa shape index (κ3) is 1.32. The molecule has 1 aromatic heterocycles. The highest BCUT2D eigenvalue weighted by molar-refractivity contribution is 6.36. The molecule has 0 aliphatic heterocycles. The maximum atomic E-state index is 11.3. The molecular formula is C13H12ClNO2. The molecule has 1 saturated carbocycles. The summed E-state index contributed by atoms with van der Waals surface area (Å²) in [6, 6.07) is 5.73. The van der Waals surface area contributed by atoms with Gasteiger partial charge in [0, 0.05) is 24.1 Å². The van der Waals surface area contributed by atoms with Gasteiger partial charge in [-0.15, -0.1) is 0 Å². The number of halogens is 1. The molecule has 1 aliphatic carbocycles. The highest BCUT2D eigenvalue weighted by atomic mass is 35.5. The largest absolute Gasteiger partial charge is 0.481 e. The SMILES string of the molecule is Cn1ccc2c(Cl)c(C3(C(=O)O)CC3)ccc21. The number of aliphatic carboxylic acids is 1. The highest BCUT2D eigenvalue weighted by Crippen LogP contribution is 2.51. The molecule has 0 atom stereocenters. The van der Waals surface area contributed by atoms with Crippen LogP contribution in [0.3, 0.4) is 0 Å². The van der Waals surface area contributed by atoms with Crippen LogP contribution in [0.4, 0.5) is 0 Å². The van der Waals surface area contributed by atoms with Gasteiger partial charge in [-0.2, -0.15) is 0 Å². The number of nitrogens with zero attached hydrogens (tertiary/aromatic N) is 1. The number of aryl methyl sites for hydroxylation is 1. The minimum absolute atomic E-state index is 0.586. The highest BCUT2D eigenvalue weighted by Gasteiger charge is 2.53. The molecule has 17 heavy (non-hydrogen) atoms. The second kappa shape index (κ2) is 3.26. The van der Waals surface area contributed by atoms with Crippen LogP contribution in [0.25, 0.3) is 10.9 Å². The number of rotatable bonds is 2. The number of carboxylic acids is 1. The second-order valence-electron chi connectivity index (χ2n) is 4.67. The van der Waals surface area contributed by atoms with Gasteiger partial charge in [-0.05, 0) is 30.5 Å². The smallest absolute Gasteiger partial charge is 0.314 e. The van der Waals surface area contributed by atoms with E-state index in [1.165, 1.54) is 0 Å². The summed E-state index contributed by atoms with van der Waals surface area (Å²) in [7, 11) is 1.95. The van der Waals surface area contributed by atoms with Crippen LogP contribution in [0.5, 0.6) is 0 Å². The van der Waals surface area contributed by atoms with Gasteiger partial charge in [-0.3, -0.25) is 4.79 Å². The number of carboxylic acid groups (broad SMARTS) is 1. The van der Waals surface area contributed by atoms with Gasteiger partial charge in [-0.1, -0.05) is 17.7 Å². The monoisotopic (exact) mass is 249 g/mol. The average molecular weight is 250 g/mol. The summed E-state index contributed by atoms with van der Waals surface area (Å²) in [6.45, 7) is 0. The van der Waals surface area contributed by atoms with Crippen molar-refractivity contribution in [3.05, 3.63) is 35.0 Å². The molecule has 1 heterocycles. The second-order valence-corrected chi connectivity index (χ2v) is 5.05. The summed E-state index contributed by atoms with van der Waals surface area (Å²) in [5, 5.41) is 10.8. The van der Waals surface area contributed by atoms with E-state index >= 15 is 0 Å². The first kappa shape index (κ1) is 10.7. The van der Waals surface area contributed by atoms with Crippen LogP contribution in [-0.4, -0.2) is 15.6 Å². The minimum atomic E-state index is -0.769. The summed E-state index contributed by atoms with van der Waals surface area (Å²) >= 11 is 6.35. The Morgan fingerprint density at radius 1 is 1.41 bits per heavy atom. The Hall–Kier alpha value is -1.48. The molecule has 1 N–H and O–H groups in total. The van der Waals surface area contributed by atoms with Gasteiger partial charge in [0.1, 0.15) is 0 Å². The molecule has 0 spiro atoms. The summed E-state index contributed by atoms with van der Waals surface area (Å²) in [5.41, 5.74) is 1.05. The first-order chi connectivity index (χ1) is 8.06. The van der Waals surface area contributed by atoms with E-state index in [9.17, 15) is 9.90 Å². The Morgan fingerprint density at radius 2 is 2.12 bits per heavy atom. The van der Waals surface area contributed by atoms with Crippen molar-refractivity contribution < 1.29 is 9.90 Å². The van der Waals surface area contributed by atoms with Crippen molar-refractivity contribution >= 4 is 28.5 Å². The Bertz CT molecular complexity index is 626. The topological polar surface area (TPSA) is 42.2 Å². The lowest BCUT2D eigenvalue weighted by molar-refractivity contribution is -0.140. The van der Waals surface area contributed by atoms with Crippen LogP contribution in [0.15, 0.2) is 24.4 Å². The zero-order chi connectivity index (χ0) is 12.2. The van der Waals surface area contributed by atoms with E-state index in [2.05, 4.69) is 0 Å². The number of hydrogen-bond acceptors (Lipinski definition) is 1. The van der Waals surface area contributed by atoms with E-state index < -0.39 is 11.4 Å². The lowest BCUT2D eigenvalue weighted by atomic mass is 9.95. The number of carbonyl (C=O) groups is 1. The van der Waals surface area contributed by atoms with Crippen molar-refractivity contribution in [3.8, 4) is 0 Å². The first-order valence-electron chi connectivity index (χ1n) is 5.54. The maximum absolute atomic E-state index is 11.3. The average Bonchev–Trinajstić information content (AvgIpc) is 3.00. The Labute approximate surface area is 104 Å². The molecule has 3 rings (SSSR count). The molecule has 0 amide bonds. The fourth-order valence-corrected chi connectivity index (χ4v) is 2.81. The maximum Gasteiger partial charge on any atom is 0.314 e. The van der Waals surface area contributed by atoms with Crippen molar-refractivity contribution in [1.82, 2.24) is 4.57 Å². The Morgan fingerprint density at radius 3 is 2.71 bits per heavy atom. The van der Waals surface area contributed by atoms with E-state index in [1.54, 1.807) is 0 Å². The zero-order valence-electron chi connectivity index (χ0n) is 9.40. The van der Waals surface area contributed by atoms with Crippen molar-refractivity contribution in [2.45, 2.75) is 18.3 Å². The third-order valence-corrected chi connectivity index (χ3v) is 4.08. The predicted molar refractivity (Wildman–Crippen MR) is 66.5 cm³/mol. The summed E-state index contributed by atoms with van der Waals surface area (Å²) in [4.78, 5) is 11.3. The fraction of sp³-hybridized carbons (Fsp3) is 0.308. The van der Waals surface area contributed by atoms with Crippen molar-refractivity contribution in [2.24, 2.45) is 7.05 Å². The van der Waals surface area contributed by atoms with E-state index in [4.69, 9.17) is 11.6 Å². The molecule has 0 bridgehead atoms. The van der Waals surface area contributed by atoms with Gasteiger partial charge in [-0.25, -0.2) is 0 Å². The predicted octanol–water partition coefficient (Wildman–Crippen LogP) is 2.95. The van der Waals surface area contributed by atoms with E-state index in [1.807, 2.05) is 36.0 Å². The van der Waals surface area contributed by atoms with Crippen LogP contribution in [-0.2, 0) is 17.3 Å². The quantitative estimate of drug-likeness (QED) is 0.889. The van der Waals surface area contributed by atoms with Gasteiger partial charge in [0.15, 0.2) is 0 Å². The third-order valence-electron chi connectivity index (χ3n) is 3.68. The van der Waals surface area contributed by atoms with E-state index in [-0.39, 0.29) is 0 Å².